The molecule has 0 aliphatic carbocycles. The molecular formula is C12H16BrClO. The zero-order chi connectivity index (χ0) is 11.3. The highest BCUT2D eigenvalue weighted by atomic mass is 79.9. The van der Waals surface area contributed by atoms with Crippen LogP contribution in [-0.2, 0) is 5.33 Å². The lowest BCUT2D eigenvalue weighted by Gasteiger charge is -2.17. The molecule has 0 saturated heterocycles. The number of benzene rings is 1. The minimum absolute atomic E-state index is 0.215. The lowest BCUT2D eigenvalue weighted by atomic mass is 10.2. The van der Waals surface area contributed by atoms with Gasteiger partial charge in [0, 0.05) is 10.9 Å². The lowest BCUT2D eigenvalue weighted by Crippen LogP contribution is -2.12. The summed E-state index contributed by atoms with van der Waals surface area (Å²) >= 11 is 9.54. The first-order chi connectivity index (χ1) is 7.19. The van der Waals surface area contributed by atoms with Gasteiger partial charge in [0.1, 0.15) is 5.75 Å². The topological polar surface area (TPSA) is 9.23 Å². The van der Waals surface area contributed by atoms with Gasteiger partial charge >= 0.3 is 0 Å². The predicted molar refractivity (Wildman–Crippen MR) is 69.1 cm³/mol. The van der Waals surface area contributed by atoms with Crippen molar-refractivity contribution in [3.05, 3.63) is 28.8 Å². The van der Waals surface area contributed by atoms with Crippen LogP contribution in [0.5, 0.6) is 5.75 Å². The van der Waals surface area contributed by atoms with Crippen LogP contribution >= 0.6 is 27.5 Å². The van der Waals surface area contributed by atoms with Crippen molar-refractivity contribution in [1.29, 1.82) is 0 Å². The Morgan fingerprint density at radius 1 is 1.47 bits per heavy atom. The molecule has 0 aromatic heterocycles. The van der Waals surface area contributed by atoms with Crippen LogP contribution in [0.1, 0.15) is 32.3 Å². The highest BCUT2D eigenvalue weighted by Crippen LogP contribution is 2.31. The Labute approximate surface area is 105 Å². The summed E-state index contributed by atoms with van der Waals surface area (Å²) in [6.45, 7) is 4.22. The summed E-state index contributed by atoms with van der Waals surface area (Å²) in [5.41, 5.74) is 1.10. The van der Waals surface area contributed by atoms with Gasteiger partial charge in [0.05, 0.1) is 11.1 Å². The number of alkyl halides is 1. The third kappa shape index (κ3) is 3.69. The van der Waals surface area contributed by atoms with Crippen LogP contribution in [0.15, 0.2) is 18.2 Å². The van der Waals surface area contributed by atoms with Crippen molar-refractivity contribution in [1.82, 2.24) is 0 Å². The van der Waals surface area contributed by atoms with Gasteiger partial charge in [-0.15, -0.1) is 0 Å². The molecule has 0 aliphatic heterocycles. The third-order valence-electron chi connectivity index (χ3n) is 2.21. The Hall–Kier alpha value is -0.210. The molecule has 0 fully saturated rings. The molecule has 0 spiro atoms. The first-order valence-electron chi connectivity index (χ1n) is 5.19. The number of halogens is 2. The molecule has 1 aromatic carbocycles. The van der Waals surface area contributed by atoms with Crippen LogP contribution in [0.25, 0.3) is 0 Å². The smallest absolute Gasteiger partial charge is 0.142 e. The lowest BCUT2D eigenvalue weighted by molar-refractivity contribution is 0.208. The summed E-state index contributed by atoms with van der Waals surface area (Å²) in [4.78, 5) is 0. The van der Waals surface area contributed by atoms with E-state index in [1.165, 1.54) is 0 Å². The normalized spacial score (nSPS) is 12.5. The molecule has 1 aromatic rings. The summed E-state index contributed by atoms with van der Waals surface area (Å²) < 4.78 is 5.85. The van der Waals surface area contributed by atoms with Crippen molar-refractivity contribution in [2.45, 2.75) is 38.1 Å². The maximum absolute atomic E-state index is 6.11. The van der Waals surface area contributed by atoms with Gasteiger partial charge in [-0.2, -0.15) is 0 Å². The number of ether oxygens (including phenoxy) is 1. The van der Waals surface area contributed by atoms with E-state index in [4.69, 9.17) is 16.3 Å². The van der Waals surface area contributed by atoms with Crippen LogP contribution in [0.2, 0.25) is 5.02 Å². The molecule has 0 N–H and O–H groups in total. The molecule has 0 amide bonds. The Morgan fingerprint density at radius 3 is 2.80 bits per heavy atom. The van der Waals surface area contributed by atoms with Gasteiger partial charge < -0.3 is 4.74 Å². The summed E-state index contributed by atoms with van der Waals surface area (Å²) in [6, 6.07) is 5.83. The Kier molecular flexibility index (Phi) is 5.48. The van der Waals surface area contributed by atoms with E-state index < -0.39 is 0 Å². The van der Waals surface area contributed by atoms with E-state index in [-0.39, 0.29) is 6.10 Å². The fraction of sp³-hybridized carbons (Fsp3) is 0.500. The predicted octanol–water partition coefficient (Wildman–Crippen LogP) is 4.80. The summed E-state index contributed by atoms with van der Waals surface area (Å²) in [6.07, 6.45) is 2.38. The quantitative estimate of drug-likeness (QED) is 0.708. The first kappa shape index (κ1) is 12.9. The molecule has 0 radical (unpaired) electrons. The zero-order valence-corrected chi connectivity index (χ0v) is 11.4. The van der Waals surface area contributed by atoms with E-state index in [2.05, 4.69) is 29.8 Å². The molecule has 1 unspecified atom stereocenters. The molecule has 15 heavy (non-hydrogen) atoms. The van der Waals surface area contributed by atoms with Crippen molar-refractivity contribution >= 4 is 27.5 Å². The summed E-state index contributed by atoms with van der Waals surface area (Å²) in [5, 5.41) is 1.46. The number of rotatable bonds is 5. The molecule has 0 heterocycles. The van der Waals surface area contributed by atoms with Gasteiger partial charge in [0.15, 0.2) is 0 Å². The van der Waals surface area contributed by atoms with Crippen molar-refractivity contribution in [3.8, 4) is 5.75 Å². The van der Waals surface area contributed by atoms with Crippen LogP contribution in [-0.4, -0.2) is 6.10 Å². The van der Waals surface area contributed by atoms with Gasteiger partial charge in [-0.1, -0.05) is 53.0 Å². The van der Waals surface area contributed by atoms with E-state index in [0.717, 1.165) is 29.5 Å². The minimum Gasteiger partial charge on any atom is -0.489 e. The van der Waals surface area contributed by atoms with E-state index in [9.17, 15) is 0 Å². The summed E-state index contributed by atoms with van der Waals surface area (Å²) in [7, 11) is 0. The molecule has 3 heteroatoms. The number of hydrogen-bond acceptors (Lipinski definition) is 1. The summed E-state index contributed by atoms with van der Waals surface area (Å²) in [5.74, 6) is 0.817. The second kappa shape index (κ2) is 6.39. The van der Waals surface area contributed by atoms with E-state index in [0.29, 0.717) is 5.02 Å². The highest BCUT2D eigenvalue weighted by molar-refractivity contribution is 9.08. The van der Waals surface area contributed by atoms with Crippen molar-refractivity contribution < 1.29 is 4.74 Å². The Balaban J connectivity index is 2.82. The molecule has 0 saturated carbocycles. The van der Waals surface area contributed by atoms with E-state index >= 15 is 0 Å². The van der Waals surface area contributed by atoms with E-state index in [1.54, 1.807) is 0 Å². The maximum atomic E-state index is 6.11. The Morgan fingerprint density at radius 2 is 2.20 bits per heavy atom. The molecule has 0 bridgehead atoms. The van der Waals surface area contributed by atoms with Gasteiger partial charge in [-0.25, -0.2) is 0 Å². The third-order valence-corrected chi connectivity index (χ3v) is 3.11. The van der Waals surface area contributed by atoms with E-state index in [1.807, 2.05) is 18.2 Å². The molecule has 0 aliphatic rings. The molecular weight excluding hydrogens is 275 g/mol. The second-order valence-electron chi connectivity index (χ2n) is 3.58. The zero-order valence-electron chi connectivity index (χ0n) is 9.09. The van der Waals surface area contributed by atoms with Gasteiger partial charge in [-0.3, -0.25) is 0 Å². The van der Waals surface area contributed by atoms with Crippen molar-refractivity contribution in [3.63, 3.8) is 0 Å². The van der Waals surface area contributed by atoms with Crippen molar-refractivity contribution in [2.75, 3.05) is 0 Å². The van der Waals surface area contributed by atoms with Crippen molar-refractivity contribution in [2.24, 2.45) is 0 Å². The molecule has 1 nitrogen and oxygen atoms in total. The number of para-hydroxylation sites is 1. The maximum Gasteiger partial charge on any atom is 0.142 e. The van der Waals surface area contributed by atoms with Crippen LogP contribution < -0.4 is 4.74 Å². The average molecular weight is 292 g/mol. The van der Waals surface area contributed by atoms with Gasteiger partial charge in [-0.05, 0) is 19.4 Å². The Bertz CT molecular complexity index is 314. The number of hydrogen-bond donors (Lipinski definition) is 0. The minimum atomic E-state index is 0.215. The highest BCUT2D eigenvalue weighted by Gasteiger charge is 2.10. The van der Waals surface area contributed by atoms with Crippen LogP contribution in [0, 0.1) is 0 Å². The SMILES string of the molecule is CCCC(C)Oc1c(Cl)cccc1CBr. The standard InChI is InChI=1S/C12H16BrClO/c1-3-5-9(2)15-12-10(8-13)6-4-7-11(12)14/h4,6-7,9H,3,5,8H2,1-2H3. The molecule has 1 rings (SSSR count). The average Bonchev–Trinajstić information content (AvgIpc) is 2.21. The second-order valence-corrected chi connectivity index (χ2v) is 4.55. The monoisotopic (exact) mass is 290 g/mol. The van der Waals surface area contributed by atoms with Crippen LogP contribution in [0.3, 0.4) is 0 Å². The first-order valence-corrected chi connectivity index (χ1v) is 6.69. The largest absolute Gasteiger partial charge is 0.489 e. The van der Waals surface area contributed by atoms with Gasteiger partial charge in [0.2, 0.25) is 0 Å². The molecule has 1 atom stereocenters. The fourth-order valence-electron chi connectivity index (χ4n) is 1.46. The van der Waals surface area contributed by atoms with Gasteiger partial charge in [0.25, 0.3) is 0 Å². The van der Waals surface area contributed by atoms with Crippen LogP contribution in [0.4, 0.5) is 0 Å². The molecule has 84 valence electrons. The fourth-order valence-corrected chi connectivity index (χ4v) is 2.14.